The van der Waals surface area contributed by atoms with Gasteiger partial charge in [-0.2, -0.15) is 0 Å². The van der Waals surface area contributed by atoms with Crippen molar-refractivity contribution in [1.29, 1.82) is 0 Å². The molecule has 0 atom stereocenters. The second-order valence-electron chi connectivity index (χ2n) is 16.4. The van der Waals surface area contributed by atoms with Gasteiger partial charge in [-0.1, -0.05) is 224 Å². The third-order valence-electron chi connectivity index (χ3n) is 13.0. The van der Waals surface area contributed by atoms with E-state index < -0.39 is 5.41 Å². The molecule has 63 heavy (non-hydrogen) atoms. The molecule has 12 rings (SSSR count). The van der Waals surface area contributed by atoms with Gasteiger partial charge in [0.15, 0.2) is 5.82 Å². The molecule has 0 radical (unpaired) electrons. The number of fused-ring (bicyclic) bond motifs is 6. The van der Waals surface area contributed by atoms with Gasteiger partial charge in [-0.05, 0) is 95.4 Å². The second-order valence-corrected chi connectivity index (χ2v) is 16.4. The summed E-state index contributed by atoms with van der Waals surface area (Å²) in [5.74, 6) is 0.711. The van der Waals surface area contributed by atoms with Crippen molar-refractivity contribution in [3.05, 3.63) is 265 Å². The number of nitrogens with zero attached hydrogens (tertiary/aromatic N) is 2. The van der Waals surface area contributed by atoms with Crippen molar-refractivity contribution in [2.75, 3.05) is 0 Å². The van der Waals surface area contributed by atoms with Crippen LogP contribution in [0.15, 0.2) is 243 Å². The highest BCUT2D eigenvalue weighted by Crippen LogP contribution is 2.58. The minimum absolute atomic E-state index is 0.467. The molecule has 0 spiro atoms. The van der Waals surface area contributed by atoms with Crippen LogP contribution < -0.4 is 0 Å². The molecule has 1 aromatic heterocycles. The minimum atomic E-state index is -0.467. The van der Waals surface area contributed by atoms with Crippen molar-refractivity contribution in [1.82, 2.24) is 9.97 Å². The van der Waals surface area contributed by atoms with E-state index in [1.807, 2.05) is 24.3 Å². The van der Waals surface area contributed by atoms with Gasteiger partial charge in [0, 0.05) is 16.7 Å². The lowest BCUT2D eigenvalue weighted by molar-refractivity contribution is 0.769. The van der Waals surface area contributed by atoms with Crippen molar-refractivity contribution in [2.45, 2.75) is 5.41 Å². The van der Waals surface area contributed by atoms with Crippen LogP contribution >= 0.6 is 0 Å². The molecule has 1 heterocycles. The van der Waals surface area contributed by atoms with Crippen LogP contribution in [0.3, 0.4) is 0 Å². The first-order valence-corrected chi connectivity index (χ1v) is 21.6. The Labute approximate surface area is 367 Å². The molecule has 0 N–H and O–H groups in total. The third-order valence-corrected chi connectivity index (χ3v) is 13.0. The van der Waals surface area contributed by atoms with Crippen molar-refractivity contribution in [3.8, 4) is 67.3 Å². The smallest absolute Gasteiger partial charge is 0.160 e. The SMILES string of the molecule is c1ccc(-c2cc(-c3ccc(-c4cccc(-c5ccc6c(c5)-c5c(ccc7ccccc57)C6(c5ccccc5)c5ccccc5)c4)c4ccccc34)nc(-c3ccccc3)n2)cc1. The van der Waals surface area contributed by atoms with E-state index in [9.17, 15) is 0 Å². The lowest BCUT2D eigenvalue weighted by atomic mass is 9.67. The monoisotopic (exact) mass is 800 g/mol. The molecule has 1 aliphatic carbocycles. The Balaban J connectivity index is 1.01. The summed E-state index contributed by atoms with van der Waals surface area (Å²) in [6.45, 7) is 0. The summed E-state index contributed by atoms with van der Waals surface area (Å²) in [7, 11) is 0. The number of hydrogen-bond donors (Lipinski definition) is 0. The van der Waals surface area contributed by atoms with Crippen LogP contribution in [0.2, 0.25) is 0 Å². The van der Waals surface area contributed by atoms with Gasteiger partial charge in [-0.25, -0.2) is 9.97 Å². The maximum Gasteiger partial charge on any atom is 0.160 e. The second kappa shape index (κ2) is 15.1. The molecule has 11 aromatic rings. The molecule has 0 saturated carbocycles. The number of rotatable bonds is 7. The standard InChI is InChI=1S/C61H40N2/c1-5-19-42(20-6-1)57-40-58(63-60(62-57)43-21-7-2-8-22-43)53-35-34-49(51-30-15-16-31-52(51)53)46-24-17-23-44(38-46)45-33-36-55-54(39-45)59-50-29-14-13-18-41(50)32-37-56(59)61(55,47-25-9-3-10-26-47)48-27-11-4-12-28-48/h1-40H. The van der Waals surface area contributed by atoms with Crippen LogP contribution in [0.25, 0.3) is 88.8 Å². The molecule has 10 aromatic carbocycles. The summed E-state index contributed by atoms with van der Waals surface area (Å²) < 4.78 is 0. The molecule has 294 valence electrons. The Morgan fingerprint density at radius 1 is 0.286 bits per heavy atom. The highest BCUT2D eigenvalue weighted by molar-refractivity contribution is 6.06. The summed E-state index contributed by atoms with van der Waals surface area (Å²) in [6.07, 6.45) is 0. The Morgan fingerprint density at radius 3 is 1.52 bits per heavy atom. The molecular formula is C61H40N2. The van der Waals surface area contributed by atoms with Crippen molar-refractivity contribution in [3.63, 3.8) is 0 Å². The van der Waals surface area contributed by atoms with E-state index in [0.717, 1.165) is 33.5 Å². The molecule has 0 saturated heterocycles. The molecule has 0 bridgehead atoms. The molecule has 2 nitrogen and oxygen atoms in total. The van der Waals surface area contributed by atoms with Crippen LogP contribution in [0.4, 0.5) is 0 Å². The van der Waals surface area contributed by atoms with Crippen LogP contribution in [0.5, 0.6) is 0 Å². The normalized spacial score (nSPS) is 12.6. The predicted octanol–water partition coefficient (Wildman–Crippen LogP) is 15.5. The summed E-state index contributed by atoms with van der Waals surface area (Å²) >= 11 is 0. The fraction of sp³-hybridized carbons (Fsp3) is 0.0164. The Morgan fingerprint density at radius 2 is 0.810 bits per heavy atom. The molecular weight excluding hydrogens is 761 g/mol. The van der Waals surface area contributed by atoms with Gasteiger partial charge in [0.25, 0.3) is 0 Å². The number of hydrogen-bond acceptors (Lipinski definition) is 2. The number of aromatic nitrogens is 2. The molecule has 0 aliphatic heterocycles. The molecule has 0 amide bonds. The number of benzene rings is 10. The highest BCUT2D eigenvalue weighted by atomic mass is 14.9. The first-order chi connectivity index (χ1) is 31.2. The van der Waals surface area contributed by atoms with Gasteiger partial charge in [0.05, 0.1) is 16.8 Å². The van der Waals surface area contributed by atoms with E-state index in [2.05, 4.69) is 218 Å². The van der Waals surface area contributed by atoms with Crippen molar-refractivity contribution >= 4 is 21.5 Å². The van der Waals surface area contributed by atoms with Gasteiger partial charge in [-0.15, -0.1) is 0 Å². The lowest BCUT2D eigenvalue weighted by Crippen LogP contribution is -2.28. The Hall–Kier alpha value is -8.20. The van der Waals surface area contributed by atoms with Crippen LogP contribution in [-0.4, -0.2) is 9.97 Å². The predicted molar refractivity (Wildman–Crippen MR) is 262 cm³/mol. The largest absolute Gasteiger partial charge is 0.228 e. The lowest BCUT2D eigenvalue weighted by Gasteiger charge is -2.34. The van der Waals surface area contributed by atoms with E-state index in [1.54, 1.807) is 0 Å². The maximum absolute atomic E-state index is 5.21. The van der Waals surface area contributed by atoms with Gasteiger partial charge >= 0.3 is 0 Å². The fourth-order valence-corrected chi connectivity index (χ4v) is 10.1. The van der Waals surface area contributed by atoms with E-state index in [0.29, 0.717) is 5.82 Å². The summed E-state index contributed by atoms with van der Waals surface area (Å²) in [5, 5.41) is 4.85. The minimum Gasteiger partial charge on any atom is -0.228 e. The molecule has 0 fully saturated rings. The van der Waals surface area contributed by atoms with Gasteiger partial charge in [-0.3, -0.25) is 0 Å². The van der Waals surface area contributed by atoms with Crippen molar-refractivity contribution < 1.29 is 0 Å². The third kappa shape index (κ3) is 6.02. The Bertz CT molecular complexity index is 3390. The maximum atomic E-state index is 5.21. The quantitative estimate of drug-likeness (QED) is 0.160. The van der Waals surface area contributed by atoms with Crippen LogP contribution in [0, 0.1) is 0 Å². The molecule has 1 aliphatic rings. The first kappa shape index (κ1) is 36.6. The average molecular weight is 801 g/mol. The topological polar surface area (TPSA) is 25.8 Å². The molecule has 0 unspecified atom stereocenters. The van der Waals surface area contributed by atoms with E-state index >= 15 is 0 Å². The van der Waals surface area contributed by atoms with Gasteiger partial charge < -0.3 is 0 Å². The Kier molecular flexibility index (Phi) is 8.76. The zero-order valence-corrected chi connectivity index (χ0v) is 34.5. The summed E-state index contributed by atoms with van der Waals surface area (Å²) in [6, 6.07) is 87.8. The summed E-state index contributed by atoms with van der Waals surface area (Å²) in [4.78, 5) is 10.3. The van der Waals surface area contributed by atoms with E-state index in [-0.39, 0.29) is 0 Å². The fourth-order valence-electron chi connectivity index (χ4n) is 10.1. The average Bonchev–Trinajstić information content (AvgIpc) is 3.68. The first-order valence-electron chi connectivity index (χ1n) is 21.6. The molecule has 2 heteroatoms. The van der Waals surface area contributed by atoms with E-state index in [4.69, 9.17) is 9.97 Å². The van der Waals surface area contributed by atoms with Crippen LogP contribution in [0.1, 0.15) is 22.3 Å². The van der Waals surface area contributed by atoms with Crippen molar-refractivity contribution in [2.24, 2.45) is 0 Å². The van der Waals surface area contributed by atoms with Crippen LogP contribution in [-0.2, 0) is 5.41 Å². The highest BCUT2D eigenvalue weighted by Gasteiger charge is 2.46. The summed E-state index contributed by atoms with van der Waals surface area (Å²) in [5.41, 5.74) is 16.9. The van der Waals surface area contributed by atoms with E-state index in [1.165, 1.54) is 71.8 Å². The van der Waals surface area contributed by atoms with Gasteiger partial charge in [0.1, 0.15) is 0 Å². The zero-order valence-electron chi connectivity index (χ0n) is 34.5. The van der Waals surface area contributed by atoms with Gasteiger partial charge in [0.2, 0.25) is 0 Å². The zero-order chi connectivity index (χ0) is 41.7.